The predicted molar refractivity (Wildman–Crippen MR) is 72.3 cm³/mol. The first kappa shape index (κ1) is 12.9. The number of carbonyl (C=O) groups is 1. The van der Waals surface area contributed by atoms with E-state index in [4.69, 9.17) is 4.52 Å². The molecule has 6 heteroatoms. The van der Waals surface area contributed by atoms with Gasteiger partial charge in [0.25, 0.3) is 5.91 Å². The number of fused-ring (bicyclic) bond motifs is 1. The number of aryl methyl sites for hydroxylation is 2. The maximum Gasteiger partial charge on any atom is 0.272 e. The van der Waals surface area contributed by atoms with Gasteiger partial charge in [-0.15, -0.1) is 0 Å². The molecule has 20 heavy (non-hydrogen) atoms. The summed E-state index contributed by atoms with van der Waals surface area (Å²) in [6, 6.07) is 0. The molecule has 0 radical (unpaired) electrons. The number of nitrogens with zero attached hydrogens (tertiary/aromatic N) is 3. The zero-order valence-corrected chi connectivity index (χ0v) is 11.8. The molecular weight excluding hydrogens is 256 g/mol. The van der Waals surface area contributed by atoms with Crippen molar-refractivity contribution in [3.63, 3.8) is 0 Å². The summed E-state index contributed by atoms with van der Waals surface area (Å²) >= 11 is 0. The second kappa shape index (κ2) is 5.11. The van der Waals surface area contributed by atoms with Gasteiger partial charge < -0.3 is 9.84 Å². The highest BCUT2D eigenvalue weighted by atomic mass is 16.5. The summed E-state index contributed by atoms with van der Waals surface area (Å²) in [6.45, 7) is 2.25. The number of hydrogen-bond donors (Lipinski definition) is 1. The molecule has 0 aromatic carbocycles. The first-order valence-electron chi connectivity index (χ1n) is 6.90. The molecule has 1 N–H and O–H groups in total. The van der Waals surface area contributed by atoms with Crippen molar-refractivity contribution in [2.24, 2.45) is 7.05 Å². The van der Waals surface area contributed by atoms with Crippen molar-refractivity contribution < 1.29 is 9.32 Å². The summed E-state index contributed by atoms with van der Waals surface area (Å²) in [6.07, 6.45) is 5.88. The molecule has 0 fully saturated rings. The second-order valence-electron chi connectivity index (χ2n) is 5.19. The summed E-state index contributed by atoms with van der Waals surface area (Å²) in [4.78, 5) is 12.3. The lowest BCUT2D eigenvalue weighted by molar-refractivity contribution is 0.0944. The Labute approximate surface area is 117 Å². The SMILES string of the molecule is Cc1oncc1CNC(=O)c1nn(C)c2c1CCCC2. The fraction of sp³-hybridized carbons (Fsp3) is 0.500. The Balaban J connectivity index is 1.76. The van der Waals surface area contributed by atoms with E-state index in [1.54, 1.807) is 6.20 Å². The van der Waals surface area contributed by atoms with Crippen molar-refractivity contribution in [2.75, 3.05) is 0 Å². The zero-order chi connectivity index (χ0) is 14.1. The Hall–Kier alpha value is -2.11. The van der Waals surface area contributed by atoms with E-state index >= 15 is 0 Å². The lowest BCUT2D eigenvalue weighted by Crippen LogP contribution is -2.24. The highest BCUT2D eigenvalue weighted by Crippen LogP contribution is 2.23. The first-order chi connectivity index (χ1) is 9.66. The molecular formula is C14H18N4O2. The number of amides is 1. The van der Waals surface area contributed by atoms with Crippen molar-refractivity contribution in [2.45, 2.75) is 39.2 Å². The van der Waals surface area contributed by atoms with Crippen LogP contribution in [-0.2, 0) is 26.4 Å². The third kappa shape index (κ3) is 2.21. The molecule has 1 amide bonds. The van der Waals surface area contributed by atoms with Gasteiger partial charge in [-0.25, -0.2) is 0 Å². The summed E-state index contributed by atoms with van der Waals surface area (Å²) in [5.74, 6) is 0.609. The highest BCUT2D eigenvalue weighted by Gasteiger charge is 2.23. The lowest BCUT2D eigenvalue weighted by Gasteiger charge is -2.12. The van der Waals surface area contributed by atoms with E-state index < -0.39 is 0 Å². The minimum Gasteiger partial charge on any atom is -0.361 e. The fourth-order valence-corrected chi connectivity index (χ4v) is 2.70. The lowest BCUT2D eigenvalue weighted by atomic mass is 9.95. The van der Waals surface area contributed by atoms with Crippen LogP contribution in [0, 0.1) is 6.92 Å². The largest absolute Gasteiger partial charge is 0.361 e. The normalized spacial score (nSPS) is 14.1. The van der Waals surface area contributed by atoms with Crippen LogP contribution in [0.3, 0.4) is 0 Å². The van der Waals surface area contributed by atoms with Gasteiger partial charge in [-0.05, 0) is 32.6 Å². The molecule has 0 bridgehead atoms. The summed E-state index contributed by atoms with van der Waals surface area (Å²) < 4.78 is 6.82. The molecule has 0 aliphatic heterocycles. The smallest absolute Gasteiger partial charge is 0.272 e. The van der Waals surface area contributed by atoms with Gasteiger partial charge in [0.05, 0.1) is 6.20 Å². The van der Waals surface area contributed by atoms with Crippen LogP contribution in [0.5, 0.6) is 0 Å². The maximum atomic E-state index is 12.3. The minimum absolute atomic E-state index is 0.121. The van der Waals surface area contributed by atoms with Crippen LogP contribution in [0.1, 0.15) is 45.9 Å². The maximum absolute atomic E-state index is 12.3. The second-order valence-corrected chi connectivity index (χ2v) is 5.19. The van der Waals surface area contributed by atoms with Crippen molar-refractivity contribution in [1.29, 1.82) is 0 Å². The summed E-state index contributed by atoms with van der Waals surface area (Å²) in [5.41, 5.74) is 3.76. The van der Waals surface area contributed by atoms with E-state index in [0.29, 0.717) is 12.2 Å². The van der Waals surface area contributed by atoms with Crippen molar-refractivity contribution in [1.82, 2.24) is 20.3 Å². The third-order valence-corrected chi connectivity index (χ3v) is 3.87. The number of hydrogen-bond acceptors (Lipinski definition) is 4. The van der Waals surface area contributed by atoms with E-state index in [-0.39, 0.29) is 5.91 Å². The van der Waals surface area contributed by atoms with E-state index in [2.05, 4.69) is 15.6 Å². The van der Waals surface area contributed by atoms with E-state index in [1.807, 2.05) is 18.7 Å². The molecule has 0 atom stereocenters. The van der Waals surface area contributed by atoms with Crippen LogP contribution in [-0.4, -0.2) is 20.8 Å². The van der Waals surface area contributed by atoms with Gasteiger partial charge in [0.1, 0.15) is 5.76 Å². The number of nitrogens with one attached hydrogen (secondary N) is 1. The summed E-state index contributed by atoms with van der Waals surface area (Å²) in [7, 11) is 1.91. The molecule has 106 valence electrons. The standard InChI is InChI=1S/C14H18N4O2/c1-9-10(8-16-20-9)7-15-14(19)13-11-5-3-4-6-12(11)18(2)17-13/h8H,3-7H2,1-2H3,(H,15,19). The van der Waals surface area contributed by atoms with Crippen LogP contribution in [0.15, 0.2) is 10.7 Å². The molecule has 1 aliphatic rings. The van der Waals surface area contributed by atoms with Gasteiger partial charge in [0.15, 0.2) is 5.69 Å². The molecule has 3 rings (SSSR count). The van der Waals surface area contributed by atoms with E-state index in [9.17, 15) is 4.79 Å². The quantitative estimate of drug-likeness (QED) is 0.921. The Bertz CT molecular complexity index is 642. The zero-order valence-electron chi connectivity index (χ0n) is 11.8. The molecule has 2 aromatic rings. The topological polar surface area (TPSA) is 73.0 Å². The van der Waals surface area contributed by atoms with Crippen molar-refractivity contribution >= 4 is 5.91 Å². The first-order valence-corrected chi connectivity index (χ1v) is 6.90. The van der Waals surface area contributed by atoms with E-state index in [0.717, 1.165) is 36.1 Å². The van der Waals surface area contributed by atoms with Crippen LogP contribution < -0.4 is 5.32 Å². The summed E-state index contributed by atoms with van der Waals surface area (Å²) in [5, 5.41) is 11.0. The van der Waals surface area contributed by atoms with Gasteiger partial charge in [-0.2, -0.15) is 5.10 Å². The fourth-order valence-electron chi connectivity index (χ4n) is 2.70. The van der Waals surface area contributed by atoms with Crippen molar-refractivity contribution in [3.05, 3.63) is 34.5 Å². The Morgan fingerprint density at radius 2 is 2.25 bits per heavy atom. The molecule has 1 aliphatic carbocycles. The Morgan fingerprint density at radius 3 is 3.00 bits per heavy atom. The van der Waals surface area contributed by atoms with Gasteiger partial charge >= 0.3 is 0 Å². The highest BCUT2D eigenvalue weighted by molar-refractivity contribution is 5.94. The third-order valence-electron chi connectivity index (χ3n) is 3.87. The molecule has 0 unspecified atom stereocenters. The van der Waals surface area contributed by atoms with E-state index in [1.165, 1.54) is 12.1 Å². The van der Waals surface area contributed by atoms with Gasteiger partial charge in [-0.3, -0.25) is 9.48 Å². The van der Waals surface area contributed by atoms with Gasteiger partial charge in [-0.1, -0.05) is 5.16 Å². The van der Waals surface area contributed by atoms with Crippen LogP contribution in [0.25, 0.3) is 0 Å². The molecule has 2 heterocycles. The Kier molecular flexibility index (Phi) is 3.30. The molecule has 0 saturated carbocycles. The monoisotopic (exact) mass is 274 g/mol. The minimum atomic E-state index is -0.121. The number of carbonyl (C=O) groups excluding carboxylic acids is 1. The van der Waals surface area contributed by atoms with Gasteiger partial charge in [0, 0.05) is 30.4 Å². The molecule has 6 nitrogen and oxygen atoms in total. The Morgan fingerprint density at radius 1 is 1.45 bits per heavy atom. The van der Waals surface area contributed by atoms with Crippen LogP contribution in [0.4, 0.5) is 0 Å². The van der Waals surface area contributed by atoms with Gasteiger partial charge in [0.2, 0.25) is 0 Å². The van der Waals surface area contributed by atoms with Crippen LogP contribution in [0.2, 0.25) is 0 Å². The average molecular weight is 274 g/mol. The molecule has 0 saturated heterocycles. The molecule has 2 aromatic heterocycles. The van der Waals surface area contributed by atoms with Crippen LogP contribution >= 0.6 is 0 Å². The number of aromatic nitrogens is 3. The average Bonchev–Trinajstić information content (AvgIpc) is 3.01. The number of rotatable bonds is 3. The van der Waals surface area contributed by atoms with Crippen molar-refractivity contribution in [3.8, 4) is 0 Å². The predicted octanol–water partition coefficient (Wildman–Crippen LogP) is 1.53. The molecule has 0 spiro atoms.